The molecule has 1 aliphatic heterocycles. The molecule has 1 aromatic heterocycles. The lowest BCUT2D eigenvalue weighted by Crippen LogP contribution is -2.49. The molecule has 0 radical (unpaired) electrons. The number of carbonyl (C=O) groups is 1. The van der Waals surface area contributed by atoms with Gasteiger partial charge in [-0.3, -0.25) is 9.78 Å². The number of hydrogen-bond donors (Lipinski definition) is 0. The van der Waals surface area contributed by atoms with Gasteiger partial charge in [-0.25, -0.2) is 8.78 Å². The number of aromatic nitrogens is 1. The Balaban J connectivity index is 1.57. The molecule has 0 atom stereocenters. The average Bonchev–Trinajstić information content (AvgIpc) is 2.73. The van der Waals surface area contributed by atoms with Crippen molar-refractivity contribution in [1.29, 1.82) is 0 Å². The summed E-state index contributed by atoms with van der Waals surface area (Å²) in [5, 5.41) is 0.994. The van der Waals surface area contributed by atoms with Crippen molar-refractivity contribution in [1.82, 2.24) is 9.88 Å². The molecular formula is C22H21F2N3O2. The number of nitrogens with zero attached hydrogens (tertiary/aromatic N) is 3. The average molecular weight is 397 g/mol. The van der Waals surface area contributed by atoms with E-state index >= 15 is 0 Å². The van der Waals surface area contributed by atoms with Gasteiger partial charge in [0.2, 0.25) is 0 Å². The number of hydrogen-bond acceptors (Lipinski definition) is 4. The van der Waals surface area contributed by atoms with Gasteiger partial charge < -0.3 is 14.5 Å². The summed E-state index contributed by atoms with van der Waals surface area (Å²) in [5.74, 6) is -1.23. The van der Waals surface area contributed by atoms with Crippen molar-refractivity contribution in [3.05, 3.63) is 65.4 Å². The second-order valence-electron chi connectivity index (χ2n) is 7.05. The molecule has 7 heteroatoms. The van der Waals surface area contributed by atoms with E-state index in [0.717, 1.165) is 34.3 Å². The second kappa shape index (κ2) is 7.66. The lowest BCUT2D eigenvalue weighted by atomic mass is 10.1. The first kappa shape index (κ1) is 19.1. The number of anilines is 1. The van der Waals surface area contributed by atoms with Gasteiger partial charge in [-0.2, -0.15) is 0 Å². The number of amides is 1. The lowest BCUT2D eigenvalue weighted by Gasteiger charge is -2.37. The molecule has 0 unspecified atom stereocenters. The summed E-state index contributed by atoms with van der Waals surface area (Å²) in [7, 11) is 1.62. The van der Waals surface area contributed by atoms with Gasteiger partial charge in [0.05, 0.1) is 18.4 Å². The maximum Gasteiger partial charge on any atom is 0.256 e. The molecule has 29 heavy (non-hydrogen) atoms. The Labute approximate surface area is 167 Å². The Morgan fingerprint density at radius 3 is 2.55 bits per heavy atom. The number of carbonyl (C=O) groups excluding carboxylic acids is 1. The van der Waals surface area contributed by atoms with Crippen LogP contribution in [0.25, 0.3) is 10.9 Å². The van der Waals surface area contributed by atoms with Gasteiger partial charge in [0, 0.05) is 43.8 Å². The van der Waals surface area contributed by atoms with E-state index in [1.54, 1.807) is 12.0 Å². The van der Waals surface area contributed by atoms with E-state index in [4.69, 9.17) is 4.74 Å². The summed E-state index contributed by atoms with van der Waals surface area (Å²) < 4.78 is 32.5. The van der Waals surface area contributed by atoms with Gasteiger partial charge in [0.1, 0.15) is 22.9 Å². The minimum atomic E-state index is -0.833. The third-order valence-electron chi connectivity index (χ3n) is 5.28. The lowest BCUT2D eigenvalue weighted by molar-refractivity contribution is 0.0742. The van der Waals surface area contributed by atoms with Crippen LogP contribution in [0.5, 0.6) is 5.75 Å². The summed E-state index contributed by atoms with van der Waals surface area (Å²) in [5.41, 5.74) is 2.79. The Morgan fingerprint density at radius 2 is 1.86 bits per heavy atom. The molecule has 1 fully saturated rings. The molecule has 1 saturated heterocycles. The van der Waals surface area contributed by atoms with E-state index in [0.29, 0.717) is 31.9 Å². The van der Waals surface area contributed by atoms with Crippen molar-refractivity contribution in [3.8, 4) is 5.75 Å². The fourth-order valence-electron chi connectivity index (χ4n) is 3.83. The van der Waals surface area contributed by atoms with Crippen LogP contribution in [0.2, 0.25) is 0 Å². The van der Waals surface area contributed by atoms with Crippen LogP contribution in [0.4, 0.5) is 14.5 Å². The Bertz CT molecular complexity index is 1080. The molecule has 5 nitrogen and oxygen atoms in total. The number of halogens is 2. The number of fused-ring (bicyclic) bond motifs is 1. The Kier molecular flexibility index (Phi) is 5.05. The summed E-state index contributed by atoms with van der Waals surface area (Å²) >= 11 is 0. The molecule has 150 valence electrons. The van der Waals surface area contributed by atoms with Crippen LogP contribution in [0.15, 0.2) is 42.6 Å². The molecule has 4 rings (SSSR count). The maximum absolute atomic E-state index is 14.0. The Hall–Kier alpha value is -3.22. The highest BCUT2D eigenvalue weighted by Crippen LogP contribution is 2.34. The quantitative estimate of drug-likeness (QED) is 0.675. The van der Waals surface area contributed by atoms with E-state index < -0.39 is 17.5 Å². The van der Waals surface area contributed by atoms with E-state index in [2.05, 4.69) is 9.88 Å². The van der Waals surface area contributed by atoms with Gasteiger partial charge in [-0.05, 0) is 30.7 Å². The molecule has 2 aromatic carbocycles. The number of methoxy groups -OCH3 is 1. The highest BCUT2D eigenvalue weighted by molar-refractivity contribution is 5.97. The number of pyridine rings is 1. The monoisotopic (exact) mass is 397 g/mol. The molecule has 1 amide bonds. The summed E-state index contributed by atoms with van der Waals surface area (Å²) in [6, 6.07) is 8.87. The van der Waals surface area contributed by atoms with Gasteiger partial charge in [-0.1, -0.05) is 12.1 Å². The van der Waals surface area contributed by atoms with Crippen molar-refractivity contribution >= 4 is 22.5 Å². The number of aryl methyl sites for hydroxylation is 1. The molecule has 0 N–H and O–H groups in total. The topological polar surface area (TPSA) is 45.7 Å². The minimum absolute atomic E-state index is 0.102. The zero-order chi connectivity index (χ0) is 20.5. The van der Waals surface area contributed by atoms with Gasteiger partial charge in [-0.15, -0.1) is 0 Å². The van der Waals surface area contributed by atoms with E-state index in [9.17, 15) is 13.6 Å². The van der Waals surface area contributed by atoms with Crippen LogP contribution in [0, 0.1) is 18.6 Å². The summed E-state index contributed by atoms with van der Waals surface area (Å²) in [6.45, 7) is 4.11. The third-order valence-corrected chi connectivity index (χ3v) is 5.28. The van der Waals surface area contributed by atoms with Crippen LogP contribution >= 0.6 is 0 Å². The number of rotatable bonds is 3. The fraction of sp³-hybridized carbons (Fsp3) is 0.273. The first-order valence-electron chi connectivity index (χ1n) is 9.41. The van der Waals surface area contributed by atoms with Crippen molar-refractivity contribution < 1.29 is 18.3 Å². The van der Waals surface area contributed by atoms with Crippen LogP contribution in [-0.2, 0) is 0 Å². The van der Waals surface area contributed by atoms with Gasteiger partial charge in [0.25, 0.3) is 5.91 Å². The van der Waals surface area contributed by atoms with Crippen LogP contribution in [0.3, 0.4) is 0 Å². The van der Waals surface area contributed by atoms with Crippen molar-refractivity contribution in [2.24, 2.45) is 0 Å². The largest absolute Gasteiger partial charge is 0.494 e. The SMILES string of the molecule is COc1cccc2c(N3CCN(C(=O)c4ccc(F)cc4F)CC3)c(C)cnc12. The second-order valence-corrected chi connectivity index (χ2v) is 7.05. The highest BCUT2D eigenvalue weighted by atomic mass is 19.1. The van der Waals surface area contributed by atoms with Crippen LogP contribution < -0.4 is 9.64 Å². The molecule has 1 aliphatic rings. The predicted molar refractivity (Wildman–Crippen MR) is 108 cm³/mol. The maximum atomic E-state index is 14.0. The van der Waals surface area contributed by atoms with E-state index in [1.165, 1.54) is 6.07 Å². The minimum Gasteiger partial charge on any atom is -0.494 e. The Morgan fingerprint density at radius 1 is 1.10 bits per heavy atom. The zero-order valence-electron chi connectivity index (χ0n) is 16.3. The van der Waals surface area contributed by atoms with E-state index in [1.807, 2.05) is 31.3 Å². The molecule has 2 heterocycles. The van der Waals surface area contributed by atoms with Crippen molar-refractivity contribution in [3.63, 3.8) is 0 Å². The van der Waals surface area contributed by atoms with Crippen LogP contribution in [-0.4, -0.2) is 49.1 Å². The standard InChI is InChI=1S/C22H21F2N3O2/c1-14-13-25-20-17(4-3-5-19(20)29-2)21(14)26-8-10-27(11-9-26)22(28)16-7-6-15(23)12-18(16)24/h3-7,12-13H,8-11H2,1-2H3. The smallest absolute Gasteiger partial charge is 0.256 e. The highest BCUT2D eigenvalue weighted by Gasteiger charge is 2.26. The molecule has 0 bridgehead atoms. The van der Waals surface area contributed by atoms with Gasteiger partial charge >= 0.3 is 0 Å². The number of benzene rings is 2. The molecular weight excluding hydrogens is 376 g/mol. The number of piperazine rings is 1. The zero-order valence-corrected chi connectivity index (χ0v) is 16.3. The van der Waals surface area contributed by atoms with Gasteiger partial charge in [0.15, 0.2) is 0 Å². The normalized spacial score (nSPS) is 14.3. The predicted octanol–water partition coefficient (Wildman–Crippen LogP) is 3.79. The summed E-state index contributed by atoms with van der Waals surface area (Å²) in [6.07, 6.45) is 1.83. The van der Waals surface area contributed by atoms with Crippen LogP contribution in [0.1, 0.15) is 15.9 Å². The molecule has 0 saturated carbocycles. The van der Waals surface area contributed by atoms with Crippen molar-refractivity contribution in [2.45, 2.75) is 6.92 Å². The first-order valence-corrected chi connectivity index (χ1v) is 9.41. The van der Waals surface area contributed by atoms with Crippen molar-refractivity contribution in [2.75, 3.05) is 38.2 Å². The summed E-state index contributed by atoms with van der Waals surface area (Å²) in [4.78, 5) is 21.0. The first-order chi connectivity index (χ1) is 14.0. The third kappa shape index (κ3) is 3.48. The number of ether oxygens (including phenoxy) is 1. The number of para-hydroxylation sites is 1. The van der Waals surface area contributed by atoms with E-state index in [-0.39, 0.29) is 5.56 Å². The molecule has 0 aliphatic carbocycles. The molecule has 3 aromatic rings. The fourth-order valence-corrected chi connectivity index (χ4v) is 3.83. The molecule has 0 spiro atoms.